The smallest absolute Gasteiger partial charge is 0.336 e. The van der Waals surface area contributed by atoms with E-state index in [1.165, 1.54) is 6.07 Å². The summed E-state index contributed by atoms with van der Waals surface area (Å²) >= 11 is 5.84. The van der Waals surface area contributed by atoms with Gasteiger partial charge in [0.2, 0.25) is 0 Å². The molecule has 0 bridgehead atoms. The Kier molecular flexibility index (Phi) is 3.39. The summed E-state index contributed by atoms with van der Waals surface area (Å²) in [6.45, 7) is 4.59. The monoisotopic (exact) mass is 264 g/mol. The summed E-state index contributed by atoms with van der Waals surface area (Å²) in [5.41, 5.74) is 2.47. The average Bonchev–Trinajstić information content (AvgIpc) is 2.70. The van der Waals surface area contributed by atoms with E-state index >= 15 is 0 Å². The molecule has 0 fully saturated rings. The van der Waals surface area contributed by atoms with Crippen LogP contribution in [0.4, 0.5) is 0 Å². The van der Waals surface area contributed by atoms with Crippen LogP contribution >= 0.6 is 11.6 Å². The lowest BCUT2D eigenvalue weighted by atomic mass is 10.0. The van der Waals surface area contributed by atoms with Gasteiger partial charge in [-0.1, -0.05) is 17.7 Å². The van der Waals surface area contributed by atoms with E-state index in [0.29, 0.717) is 10.6 Å². The summed E-state index contributed by atoms with van der Waals surface area (Å²) in [5, 5.41) is 14.0. The minimum Gasteiger partial charge on any atom is -0.478 e. The van der Waals surface area contributed by atoms with Gasteiger partial charge in [-0.2, -0.15) is 5.10 Å². The third kappa shape index (κ3) is 2.24. The van der Waals surface area contributed by atoms with E-state index in [1.807, 2.05) is 20.0 Å². The zero-order chi connectivity index (χ0) is 13.3. The normalized spacial score (nSPS) is 10.6. The van der Waals surface area contributed by atoms with Gasteiger partial charge < -0.3 is 5.11 Å². The van der Waals surface area contributed by atoms with E-state index < -0.39 is 5.97 Å². The lowest BCUT2D eigenvalue weighted by molar-refractivity contribution is 0.0697. The number of aromatic carboxylic acids is 1. The first kappa shape index (κ1) is 12.6. The molecule has 0 atom stereocenters. The SMILES string of the molecule is CCn1cc(-c2ccc(Cl)cc2C(=O)O)c(C)n1. The summed E-state index contributed by atoms with van der Waals surface area (Å²) in [5.74, 6) is -0.990. The van der Waals surface area contributed by atoms with Gasteiger partial charge in [-0.25, -0.2) is 4.79 Å². The molecule has 1 aromatic heterocycles. The van der Waals surface area contributed by atoms with Crippen molar-refractivity contribution in [3.63, 3.8) is 0 Å². The van der Waals surface area contributed by atoms with Crippen molar-refractivity contribution in [3.05, 3.63) is 40.7 Å². The van der Waals surface area contributed by atoms with Crippen molar-refractivity contribution >= 4 is 17.6 Å². The fraction of sp³-hybridized carbons (Fsp3) is 0.231. The number of hydrogen-bond acceptors (Lipinski definition) is 2. The van der Waals surface area contributed by atoms with E-state index in [-0.39, 0.29) is 5.56 Å². The minimum absolute atomic E-state index is 0.196. The highest BCUT2D eigenvalue weighted by molar-refractivity contribution is 6.31. The molecule has 0 aliphatic rings. The Morgan fingerprint density at radius 2 is 2.17 bits per heavy atom. The van der Waals surface area contributed by atoms with Gasteiger partial charge in [0, 0.05) is 23.3 Å². The molecule has 4 nitrogen and oxygen atoms in total. The van der Waals surface area contributed by atoms with Gasteiger partial charge in [0.1, 0.15) is 0 Å². The summed E-state index contributed by atoms with van der Waals surface area (Å²) in [6.07, 6.45) is 1.85. The number of aromatic nitrogens is 2. The Morgan fingerprint density at radius 1 is 1.44 bits per heavy atom. The van der Waals surface area contributed by atoms with Gasteiger partial charge in [-0.15, -0.1) is 0 Å². The second kappa shape index (κ2) is 4.82. The number of hydrogen-bond donors (Lipinski definition) is 1. The topological polar surface area (TPSA) is 55.1 Å². The van der Waals surface area contributed by atoms with Crippen LogP contribution in [-0.2, 0) is 6.54 Å². The number of rotatable bonds is 3. The molecule has 1 aromatic carbocycles. The Labute approximate surface area is 110 Å². The highest BCUT2D eigenvalue weighted by atomic mass is 35.5. The molecular weight excluding hydrogens is 252 g/mol. The second-order valence-electron chi connectivity index (χ2n) is 3.98. The average molecular weight is 265 g/mol. The number of carboxylic acids is 1. The van der Waals surface area contributed by atoms with Crippen LogP contribution in [0.2, 0.25) is 5.02 Å². The predicted octanol–water partition coefficient (Wildman–Crippen LogP) is 3.23. The summed E-state index contributed by atoms with van der Waals surface area (Å²) < 4.78 is 1.78. The maximum atomic E-state index is 11.2. The molecule has 0 spiro atoms. The van der Waals surface area contributed by atoms with E-state index in [2.05, 4.69) is 5.10 Å². The van der Waals surface area contributed by atoms with E-state index in [0.717, 1.165) is 17.8 Å². The number of carboxylic acid groups (broad SMARTS) is 1. The Hall–Kier alpha value is -1.81. The quantitative estimate of drug-likeness (QED) is 0.926. The maximum Gasteiger partial charge on any atom is 0.336 e. The Bertz CT molecular complexity index is 605. The van der Waals surface area contributed by atoms with Crippen LogP contribution in [0.15, 0.2) is 24.4 Å². The van der Waals surface area contributed by atoms with Gasteiger partial charge in [-0.05, 0) is 31.5 Å². The van der Waals surface area contributed by atoms with Gasteiger partial charge in [0.05, 0.1) is 11.3 Å². The van der Waals surface area contributed by atoms with Crippen molar-refractivity contribution in [2.24, 2.45) is 0 Å². The van der Waals surface area contributed by atoms with Crippen LogP contribution in [0.25, 0.3) is 11.1 Å². The molecule has 0 saturated carbocycles. The van der Waals surface area contributed by atoms with E-state index in [1.54, 1.807) is 16.8 Å². The van der Waals surface area contributed by atoms with Crippen LogP contribution in [0, 0.1) is 6.92 Å². The van der Waals surface area contributed by atoms with Crippen LogP contribution < -0.4 is 0 Å². The van der Waals surface area contributed by atoms with E-state index in [9.17, 15) is 9.90 Å². The van der Waals surface area contributed by atoms with Crippen LogP contribution in [-0.4, -0.2) is 20.9 Å². The van der Waals surface area contributed by atoms with Crippen molar-refractivity contribution in [1.82, 2.24) is 9.78 Å². The first-order valence-electron chi connectivity index (χ1n) is 5.60. The Balaban J connectivity index is 2.62. The molecule has 1 heterocycles. The molecule has 2 aromatic rings. The van der Waals surface area contributed by atoms with Crippen molar-refractivity contribution in [2.45, 2.75) is 20.4 Å². The van der Waals surface area contributed by atoms with Crippen LogP contribution in [0.1, 0.15) is 23.0 Å². The van der Waals surface area contributed by atoms with Crippen molar-refractivity contribution in [2.75, 3.05) is 0 Å². The zero-order valence-electron chi connectivity index (χ0n) is 10.1. The fourth-order valence-corrected chi connectivity index (χ4v) is 2.04. The largest absolute Gasteiger partial charge is 0.478 e. The molecule has 94 valence electrons. The third-order valence-electron chi connectivity index (χ3n) is 2.77. The number of nitrogens with zero attached hydrogens (tertiary/aromatic N) is 2. The van der Waals surface area contributed by atoms with Crippen molar-refractivity contribution < 1.29 is 9.90 Å². The predicted molar refractivity (Wildman–Crippen MR) is 70.0 cm³/mol. The molecule has 2 rings (SSSR count). The number of aryl methyl sites for hydroxylation is 2. The number of halogens is 1. The first-order valence-corrected chi connectivity index (χ1v) is 5.98. The fourth-order valence-electron chi connectivity index (χ4n) is 1.87. The standard InChI is InChI=1S/C13H13ClN2O2/c1-3-16-7-12(8(2)15-16)10-5-4-9(14)6-11(10)13(17)18/h4-7H,3H2,1-2H3,(H,17,18). The highest BCUT2D eigenvalue weighted by Gasteiger charge is 2.16. The lowest BCUT2D eigenvalue weighted by Gasteiger charge is -2.05. The molecule has 0 aliphatic carbocycles. The van der Waals surface area contributed by atoms with Gasteiger partial charge in [-0.3, -0.25) is 4.68 Å². The molecular formula is C13H13ClN2O2. The molecule has 0 aliphatic heterocycles. The summed E-state index contributed by atoms with van der Waals surface area (Å²) in [7, 11) is 0. The van der Waals surface area contributed by atoms with Crippen molar-refractivity contribution in [1.29, 1.82) is 0 Å². The van der Waals surface area contributed by atoms with Gasteiger partial charge in [0.15, 0.2) is 0 Å². The highest BCUT2D eigenvalue weighted by Crippen LogP contribution is 2.28. The van der Waals surface area contributed by atoms with Gasteiger partial charge >= 0.3 is 5.97 Å². The van der Waals surface area contributed by atoms with Crippen LogP contribution in [0.3, 0.4) is 0 Å². The number of benzene rings is 1. The van der Waals surface area contributed by atoms with Crippen molar-refractivity contribution in [3.8, 4) is 11.1 Å². The maximum absolute atomic E-state index is 11.2. The number of carbonyl (C=O) groups is 1. The third-order valence-corrected chi connectivity index (χ3v) is 3.01. The molecule has 0 radical (unpaired) electrons. The minimum atomic E-state index is -0.990. The molecule has 0 saturated heterocycles. The summed E-state index contributed by atoms with van der Waals surface area (Å²) in [6, 6.07) is 4.86. The molecule has 0 amide bonds. The molecule has 1 N–H and O–H groups in total. The van der Waals surface area contributed by atoms with Crippen LogP contribution in [0.5, 0.6) is 0 Å². The molecule has 18 heavy (non-hydrogen) atoms. The summed E-state index contributed by atoms with van der Waals surface area (Å²) in [4.78, 5) is 11.2. The second-order valence-corrected chi connectivity index (χ2v) is 4.42. The first-order chi connectivity index (χ1) is 8.52. The van der Waals surface area contributed by atoms with E-state index in [4.69, 9.17) is 11.6 Å². The zero-order valence-corrected chi connectivity index (χ0v) is 10.9. The molecule has 5 heteroatoms. The Morgan fingerprint density at radius 3 is 2.72 bits per heavy atom. The lowest BCUT2D eigenvalue weighted by Crippen LogP contribution is -1.99. The molecule has 0 unspecified atom stereocenters. The van der Waals surface area contributed by atoms with Gasteiger partial charge in [0.25, 0.3) is 0 Å².